The van der Waals surface area contributed by atoms with E-state index in [0.29, 0.717) is 16.6 Å². The van der Waals surface area contributed by atoms with Gasteiger partial charge in [-0.25, -0.2) is 13.9 Å². The van der Waals surface area contributed by atoms with Crippen LogP contribution in [0.4, 0.5) is 10.3 Å². The number of benzene rings is 3. The average molecular weight is 693 g/mol. The molecule has 1 aliphatic heterocycles. The van der Waals surface area contributed by atoms with Crippen molar-refractivity contribution in [3.05, 3.63) is 84.7 Å². The molecule has 5 aromatic rings. The average Bonchev–Trinajstić information content (AvgIpc) is 3.64. The second kappa shape index (κ2) is 14.5. The summed E-state index contributed by atoms with van der Waals surface area (Å²) in [5.41, 5.74) is 7.30. The summed E-state index contributed by atoms with van der Waals surface area (Å²) in [6, 6.07) is 20.8. The molecule has 3 aromatic carbocycles. The van der Waals surface area contributed by atoms with Gasteiger partial charge in [-0.15, -0.1) is 0 Å². The lowest BCUT2D eigenvalue weighted by Crippen LogP contribution is -2.42. The molecule has 1 saturated heterocycles. The van der Waals surface area contributed by atoms with E-state index < -0.39 is 56.7 Å². The number of methoxy groups -OCH3 is 1. The molecular formula is C34H38FN6O7P. The fraction of sp³-hybridized carbons (Fsp3) is 0.353. The van der Waals surface area contributed by atoms with Crippen LogP contribution < -0.4 is 20.1 Å². The van der Waals surface area contributed by atoms with Gasteiger partial charge < -0.3 is 24.5 Å². The summed E-state index contributed by atoms with van der Waals surface area (Å²) in [4.78, 5) is 26.0. The molecule has 0 saturated carbocycles. The fourth-order valence-electron chi connectivity index (χ4n) is 5.69. The number of fused-ring (bicyclic) bond motifs is 2. The summed E-state index contributed by atoms with van der Waals surface area (Å²) in [6.45, 7) is 4.76. The highest BCUT2D eigenvalue weighted by Gasteiger charge is 2.46. The van der Waals surface area contributed by atoms with Crippen LogP contribution in [-0.2, 0) is 30.0 Å². The predicted octanol–water partition coefficient (Wildman–Crippen LogP) is 6.00. The van der Waals surface area contributed by atoms with Crippen LogP contribution in [0.3, 0.4) is 0 Å². The molecule has 1 fully saturated rings. The molecule has 0 aliphatic carbocycles. The Balaban J connectivity index is 1.25. The molecule has 2 aromatic heterocycles. The summed E-state index contributed by atoms with van der Waals surface area (Å²) in [6.07, 6.45) is -2.14. The van der Waals surface area contributed by atoms with E-state index in [2.05, 4.69) is 20.0 Å². The monoisotopic (exact) mass is 692 g/mol. The van der Waals surface area contributed by atoms with Crippen LogP contribution in [0.1, 0.15) is 32.6 Å². The maximum absolute atomic E-state index is 15.9. The number of aromatic nitrogens is 4. The number of carbonyl (C=O) groups excluding carboxylic acids is 1. The van der Waals surface area contributed by atoms with E-state index in [1.807, 2.05) is 60.7 Å². The molecule has 0 spiro atoms. The number of esters is 1. The molecule has 3 N–H and O–H groups in total. The third kappa shape index (κ3) is 7.37. The number of ether oxygens (including phenoxy) is 3. The number of rotatable bonds is 13. The van der Waals surface area contributed by atoms with Gasteiger partial charge in [0.2, 0.25) is 11.8 Å². The van der Waals surface area contributed by atoms with Crippen molar-refractivity contribution in [2.75, 3.05) is 19.5 Å². The molecule has 15 heteroatoms. The van der Waals surface area contributed by atoms with Gasteiger partial charge in [0.15, 0.2) is 11.2 Å². The number of imidazole rings is 1. The van der Waals surface area contributed by atoms with E-state index in [1.54, 1.807) is 37.5 Å². The highest BCUT2D eigenvalue weighted by molar-refractivity contribution is 7.52. The minimum Gasteiger partial charge on any atom is -0.479 e. The lowest BCUT2D eigenvalue weighted by molar-refractivity contribution is -0.148. The molecule has 6 atom stereocenters. The SMILES string of the molecule is COc1nc(N)nc2c1ncn2C1OC(COP(=O)(NC(C(=O)OCc2ccccc2)C(C)C)Oc2cccc3ccccc23)C(F)C1C. The van der Waals surface area contributed by atoms with Gasteiger partial charge in [-0.05, 0) is 22.9 Å². The Hall–Kier alpha value is -4.62. The lowest BCUT2D eigenvalue weighted by atomic mass is 10.0. The summed E-state index contributed by atoms with van der Waals surface area (Å²) in [5, 5.41) is 4.31. The van der Waals surface area contributed by atoms with Crippen LogP contribution in [0.15, 0.2) is 79.1 Å². The van der Waals surface area contributed by atoms with Crippen LogP contribution in [0.25, 0.3) is 21.9 Å². The van der Waals surface area contributed by atoms with Crippen molar-refractivity contribution in [1.82, 2.24) is 24.6 Å². The van der Waals surface area contributed by atoms with Gasteiger partial charge >= 0.3 is 13.7 Å². The Morgan fingerprint density at radius 3 is 2.57 bits per heavy atom. The predicted molar refractivity (Wildman–Crippen MR) is 180 cm³/mol. The van der Waals surface area contributed by atoms with Crippen molar-refractivity contribution in [3.8, 4) is 11.6 Å². The first-order chi connectivity index (χ1) is 23.6. The molecule has 0 amide bonds. The molecule has 3 heterocycles. The highest BCUT2D eigenvalue weighted by Crippen LogP contribution is 2.49. The van der Waals surface area contributed by atoms with E-state index in [0.717, 1.165) is 10.9 Å². The van der Waals surface area contributed by atoms with Crippen molar-refractivity contribution in [2.45, 2.75) is 51.9 Å². The molecule has 1 aliphatic rings. The third-order valence-electron chi connectivity index (χ3n) is 8.31. The van der Waals surface area contributed by atoms with Crippen molar-refractivity contribution >= 4 is 41.6 Å². The van der Waals surface area contributed by atoms with Crippen LogP contribution in [0.5, 0.6) is 11.6 Å². The maximum atomic E-state index is 15.9. The van der Waals surface area contributed by atoms with Crippen LogP contribution in [0, 0.1) is 11.8 Å². The largest absolute Gasteiger partial charge is 0.479 e. The number of nitrogens with two attached hydrogens (primary N) is 1. The van der Waals surface area contributed by atoms with Crippen molar-refractivity contribution in [3.63, 3.8) is 0 Å². The Kier molecular flexibility index (Phi) is 10.1. The lowest BCUT2D eigenvalue weighted by Gasteiger charge is -2.28. The normalized spacial score (nSPS) is 21.1. The molecule has 6 unspecified atom stereocenters. The van der Waals surface area contributed by atoms with E-state index in [-0.39, 0.29) is 24.2 Å². The fourth-order valence-corrected chi connectivity index (χ4v) is 7.37. The number of nitrogens with zero attached hydrogens (tertiary/aromatic N) is 4. The first-order valence-corrected chi connectivity index (χ1v) is 17.3. The van der Waals surface area contributed by atoms with Crippen molar-refractivity contribution in [1.29, 1.82) is 0 Å². The minimum atomic E-state index is -4.41. The van der Waals surface area contributed by atoms with Gasteiger partial charge in [-0.3, -0.25) is 13.9 Å². The topological polar surface area (TPSA) is 162 Å². The summed E-state index contributed by atoms with van der Waals surface area (Å²) in [5.74, 6) is -1.37. The molecule has 13 nitrogen and oxygen atoms in total. The maximum Gasteiger partial charge on any atom is 0.459 e. The molecule has 258 valence electrons. The molecule has 6 rings (SSSR count). The number of hydrogen-bond donors (Lipinski definition) is 2. The Morgan fingerprint density at radius 2 is 1.82 bits per heavy atom. The van der Waals surface area contributed by atoms with Gasteiger partial charge in [-0.1, -0.05) is 87.5 Å². The van der Waals surface area contributed by atoms with Gasteiger partial charge in [0.05, 0.1) is 20.0 Å². The molecular weight excluding hydrogens is 654 g/mol. The summed E-state index contributed by atoms with van der Waals surface area (Å²) in [7, 11) is -2.98. The van der Waals surface area contributed by atoms with Gasteiger partial charge in [0.1, 0.15) is 36.9 Å². The highest BCUT2D eigenvalue weighted by atomic mass is 31.2. The van der Waals surface area contributed by atoms with Crippen LogP contribution >= 0.6 is 7.75 Å². The van der Waals surface area contributed by atoms with Crippen LogP contribution in [0.2, 0.25) is 0 Å². The number of hydrogen-bond acceptors (Lipinski definition) is 11. The third-order valence-corrected chi connectivity index (χ3v) is 9.83. The summed E-state index contributed by atoms with van der Waals surface area (Å²) < 4.78 is 61.2. The zero-order valence-corrected chi connectivity index (χ0v) is 28.3. The number of carbonyl (C=O) groups is 1. The second-order valence-electron chi connectivity index (χ2n) is 12.1. The Morgan fingerprint density at radius 1 is 1.08 bits per heavy atom. The zero-order valence-electron chi connectivity index (χ0n) is 27.4. The number of halogens is 1. The van der Waals surface area contributed by atoms with E-state index in [4.69, 9.17) is 29.0 Å². The van der Waals surface area contributed by atoms with E-state index >= 15 is 4.39 Å². The summed E-state index contributed by atoms with van der Waals surface area (Å²) >= 11 is 0. The van der Waals surface area contributed by atoms with Gasteiger partial charge in [0.25, 0.3) is 0 Å². The zero-order chi connectivity index (χ0) is 34.7. The van der Waals surface area contributed by atoms with Gasteiger partial charge in [-0.2, -0.15) is 15.1 Å². The standard InChI is InChI=1S/C34H38FN6O7P/c1-20(2)28(33(42)45-17-22-11-6-5-7-12-22)40-49(43,48-25-16-10-14-23-13-8-9-15-24(23)25)46-18-26-27(35)21(3)32(47-26)41-19-37-29-30(41)38-34(36)39-31(29)44-4/h5-16,19-21,26-28,32H,17-18H2,1-4H3,(H,40,43)(H2,36,38,39). The number of anilines is 1. The first-order valence-electron chi connectivity index (χ1n) is 15.8. The van der Waals surface area contributed by atoms with Crippen molar-refractivity contribution < 1.29 is 37.0 Å². The Bertz CT molecular complexity index is 1970. The molecule has 49 heavy (non-hydrogen) atoms. The number of nitrogen functional groups attached to an aromatic ring is 1. The number of nitrogens with one attached hydrogen (secondary N) is 1. The van der Waals surface area contributed by atoms with E-state index in [9.17, 15) is 9.36 Å². The molecule has 0 radical (unpaired) electrons. The number of alkyl halides is 1. The smallest absolute Gasteiger partial charge is 0.459 e. The Labute approximate surface area is 282 Å². The van der Waals surface area contributed by atoms with Crippen LogP contribution in [-0.4, -0.2) is 57.5 Å². The van der Waals surface area contributed by atoms with Gasteiger partial charge in [0, 0.05) is 11.3 Å². The quantitative estimate of drug-likeness (QED) is 0.109. The minimum absolute atomic E-state index is 0.0179. The first kappa shape index (κ1) is 34.3. The second-order valence-corrected chi connectivity index (χ2v) is 13.8. The molecule has 0 bridgehead atoms. The van der Waals surface area contributed by atoms with Crippen molar-refractivity contribution in [2.24, 2.45) is 11.8 Å². The van der Waals surface area contributed by atoms with E-state index in [1.165, 1.54) is 13.4 Å².